The molecule has 0 aliphatic carbocycles. The highest BCUT2D eigenvalue weighted by atomic mass is 32.2. The average Bonchev–Trinajstić information content (AvgIpc) is 2.83. The zero-order valence-corrected chi connectivity index (χ0v) is 18.1. The molecule has 0 aliphatic rings. The molecule has 2 aromatic carbocycles. The topological polar surface area (TPSA) is 95.0 Å². The van der Waals surface area contributed by atoms with Gasteiger partial charge in [-0.25, -0.2) is 13.5 Å². The molecule has 0 fully saturated rings. The quantitative estimate of drug-likeness (QED) is 0.239. The summed E-state index contributed by atoms with van der Waals surface area (Å²) in [6.45, 7) is 0.148. The number of aromatic nitrogens is 2. The highest BCUT2D eigenvalue weighted by Gasteiger charge is 2.19. The number of nitrogens with one attached hydrogen (secondary N) is 1. The van der Waals surface area contributed by atoms with Gasteiger partial charge in [-0.3, -0.25) is 19.0 Å². The van der Waals surface area contributed by atoms with E-state index in [9.17, 15) is 22.3 Å². The van der Waals surface area contributed by atoms with Gasteiger partial charge < -0.3 is 4.55 Å². The maximum absolute atomic E-state index is 14.5. The molecule has 168 valence electrons. The maximum Gasteiger partial charge on any atom is 0.196 e. The lowest BCUT2D eigenvalue weighted by Gasteiger charge is -2.10. The van der Waals surface area contributed by atoms with E-state index in [0.717, 1.165) is 17.2 Å². The Morgan fingerprint density at radius 2 is 1.91 bits per heavy atom. The number of ketones is 1. The number of nitrogens with zero attached hydrogens (tertiary/aromatic N) is 2. The fourth-order valence-corrected chi connectivity index (χ4v) is 3.83. The highest BCUT2D eigenvalue weighted by Crippen LogP contribution is 2.25. The van der Waals surface area contributed by atoms with Crippen LogP contribution in [-0.2, 0) is 17.7 Å². The van der Waals surface area contributed by atoms with Crippen molar-refractivity contribution >= 4 is 28.0 Å². The lowest BCUT2D eigenvalue weighted by atomic mass is 9.97. The molecule has 0 aliphatic heterocycles. The van der Waals surface area contributed by atoms with Gasteiger partial charge in [-0.05, 0) is 60.9 Å². The zero-order chi connectivity index (χ0) is 23.4. The molecule has 0 amide bonds. The predicted molar refractivity (Wildman–Crippen MR) is 120 cm³/mol. The molecule has 2 heterocycles. The standard InChI is InChI=1S/C24H19F2N3O3S/c25-21-10-15(3-1-8-29-33(31)32)9-20(23(21)26)24(30)16-5-6-22-18(11-16)12-19(14-28-22)17-4-2-7-27-13-17/h2,4-7,9-14,29H,1,3,8H2,(H,31,32)/p-1. The smallest absolute Gasteiger partial charge is 0.196 e. The van der Waals surface area contributed by atoms with Crippen molar-refractivity contribution in [1.82, 2.24) is 14.7 Å². The minimum Gasteiger partial charge on any atom is -0.760 e. The Balaban J connectivity index is 1.64. The average molecular weight is 466 g/mol. The molecule has 0 saturated heterocycles. The summed E-state index contributed by atoms with van der Waals surface area (Å²) in [5.41, 5.74) is 2.55. The van der Waals surface area contributed by atoms with E-state index in [-0.39, 0.29) is 24.1 Å². The van der Waals surface area contributed by atoms with Crippen LogP contribution in [0.5, 0.6) is 0 Å². The lowest BCUT2D eigenvalue weighted by Crippen LogP contribution is -2.18. The molecule has 4 rings (SSSR count). The van der Waals surface area contributed by atoms with E-state index in [4.69, 9.17) is 0 Å². The molecule has 9 heteroatoms. The van der Waals surface area contributed by atoms with Gasteiger partial charge >= 0.3 is 0 Å². The number of rotatable bonds is 8. The molecule has 0 bridgehead atoms. The first-order valence-electron chi connectivity index (χ1n) is 10.1. The van der Waals surface area contributed by atoms with E-state index in [2.05, 4.69) is 14.7 Å². The van der Waals surface area contributed by atoms with E-state index in [1.165, 1.54) is 12.1 Å². The van der Waals surface area contributed by atoms with Crippen molar-refractivity contribution in [1.29, 1.82) is 0 Å². The van der Waals surface area contributed by atoms with Crippen LogP contribution in [0.1, 0.15) is 27.9 Å². The molecule has 33 heavy (non-hydrogen) atoms. The molecule has 1 unspecified atom stereocenters. The van der Waals surface area contributed by atoms with Crippen LogP contribution in [0.15, 0.2) is 67.1 Å². The number of benzene rings is 2. The summed E-state index contributed by atoms with van der Waals surface area (Å²) in [6, 6.07) is 12.7. The molecule has 1 atom stereocenters. The third-order valence-electron chi connectivity index (χ3n) is 5.13. The number of halogens is 2. The Kier molecular flexibility index (Phi) is 6.93. The molecule has 1 N–H and O–H groups in total. The second-order valence-electron chi connectivity index (χ2n) is 7.37. The molecule has 6 nitrogen and oxygen atoms in total. The van der Waals surface area contributed by atoms with E-state index in [0.29, 0.717) is 22.9 Å². The Bertz CT molecular complexity index is 1350. The third kappa shape index (κ3) is 5.33. The molecule has 4 aromatic rings. The Morgan fingerprint density at radius 1 is 1.06 bits per heavy atom. The summed E-state index contributed by atoms with van der Waals surface area (Å²) >= 11 is -2.39. The zero-order valence-electron chi connectivity index (χ0n) is 17.3. The fraction of sp³-hybridized carbons (Fsp3) is 0.125. The highest BCUT2D eigenvalue weighted by molar-refractivity contribution is 7.77. The molecular formula is C24H18F2N3O3S-. The minimum absolute atomic E-state index is 0.148. The summed E-state index contributed by atoms with van der Waals surface area (Å²) in [7, 11) is 0. The van der Waals surface area contributed by atoms with Gasteiger partial charge in [0.25, 0.3) is 0 Å². The van der Waals surface area contributed by atoms with Gasteiger partial charge in [0.05, 0.1) is 11.1 Å². The maximum atomic E-state index is 14.5. The number of fused-ring (bicyclic) bond motifs is 1. The van der Waals surface area contributed by atoms with Crippen molar-refractivity contribution in [3.05, 3.63) is 95.4 Å². The summed E-state index contributed by atoms with van der Waals surface area (Å²) in [5, 5.41) is 0.677. The van der Waals surface area contributed by atoms with Crippen molar-refractivity contribution in [3.63, 3.8) is 0 Å². The third-order valence-corrected chi connectivity index (χ3v) is 5.57. The van der Waals surface area contributed by atoms with Crippen LogP contribution < -0.4 is 4.72 Å². The van der Waals surface area contributed by atoms with Crippen molar-refractivity contribution in [2.24, 2.45) is 0 Å². The van der Waals surface area contributed by atoms with Gasteiger partial charge in [-0.15, -0.1) is 0 Å². The number of hydrogen-bond donors (Lipinski definition) is 1. The van der Waals surface area contributed by atoms with Gasteiger partial charge in [0.15, 0.2) is 17.4 Å². The normalized spacial score (nSPS) is 12.1. The number of pyridine rings is 2. The monoisotopic (exact) mass is 466 g/mol. The van der Waals surface area contributed by atoms with Crippen LogP contribution in [0.25, 0.3) is 22.0 Å². The second-order valence-corrected chi connectivity index (χ2v) is 8.13. The molecule has 0 spiro atoms. The SMILES string of the molecule is O=C(c1ccc2ncc(-c3cccnc3)cc2c1)c1cc(CCCNS(=O)[O-])cc(F)c1F. The van der Waals surface area contributed by atoms with Crippen molar-refractivity contribution < 1.29 is 22.3 Å². The summed E-state index contributed by atoms with van der Waals surface area (Å²) in [5.74, 6) is -3.00. The first-order valence-corrected chi connectivity index (χ1v) is 11.2. The van der Waals surface area contributed by atoms with Gasteiger partial charge in [-0.2, -0.15) is 0 Å². The summed E-state index contributed by atoms with van der Waals surface area (Å²) < 4.78 is 52.0. The predicted octanol–water partition coefficient (Wildman–Crippen LogP) is 4.12. The van der Waals surface area contributed by atoms with Crippen LogP contribution in [0.3, 0.4) is 0 Å². The van der Waals surface area contributed by atoms with Crippen molar-refractivity contribution in [2.45, 2.75) is 12.8 Å². The second kappa shape index (κ2) is 10.0. The Labute approximate surface area is 191 Å². The molecular weight excluding hydrogens is 448 g/mol. The molecule has 0 radical (unpaired) electrons. The van der Waals surface area contributed by atoms with Crippen LogP contribution >= 0.6 is 0 Å². The molecule has 2 aromatic heterocycles. The molecule has 0 saturated carbocycles. The number of aryl methyl sites for hydroxylation is 1. The van der Waals surface area contributed by atoms with E-state index >= 15 is 0 Å². The largest absolute Gasteiger partial charge is 0.760 e. The van der Waals surface area contributed by atoms with Crippen molar-refractivity contribution in [3.8, 4) is 11.1 Å². The Morgan fingerprint density at radius 3 is 2.67 bits per heavy atom. The summed E-state index contributed by atoms with van der Waals surface area (Å²) in [6.07, 6.45) is 5.71. The first-order chi connectivity index (χ1) is 15.9. The van der Waals surface area contributed by atoms with Crippen LogP contribution in [0, 0.1) is 11.6 Å². The van der Waals surface area contributed by atoms with E-state index in [1.54, 1.807) is 36.8 Å². The Hall–Kier alpha value is -3.40. The van der Waals surface area contributed by atoms with Crippen molar-refractivity contribution in [2.75, 3.05) is 6.54 Å². The lowest BCUT2D eigenvalue weighted by molar-refractivity contribution is 0.103. The number of hydrogen-bond acceptors (Lipinski definition) is 5. The number of carbonyl (C=O) groups excluding carboxylic acids is 1. The van der Waals surface area contributed by atoms with Crippen LogP contribution in [0.4, 0.5) is 8.78 Å². The van der Waals surface area contributed by atoms with Gasteiger partial charge in [0.2, 0.25) is 0 Å². The number of carbonyl (C=O) groups is 1. The van der Waals surface area contributed by atoms with Crippen LogP contribution in [0.2, 0.25) is 0 Å². The minimum atomic E-state index is -2.39. The summed E-state index contributed by atoms with van der Waals surface area (Å²) in [4.78, 5) is 21.6. The van der Waals surface area contributed by atoms with Gasteiger partial charge in [0, 0.05) is 58.5 Å². The first kappa shape index (κ1) is 22.8. The van der Waals surface area contributed by atoms with Crippen LogP contribution in [-0.4, -0.2) is 31.1 Å². The van der Waals surface area contributed by atoms with E-state index in [1.807, 2.05) is 12.1 Å². The van der Waals surface area contributed by atoms with E-state index < -0.39 is 28.7 Å². The van der Waals surface area contributed by atoms with Gasteiger partial charge in [0.1, 0.15) is 0 Å². The van der Waals surface area contributed by atoms with Gasteiger partial charge in [-0.1, -0.05) is 6.07 Å². The fourth-order valence-electron chi connectivity index (χ4n) is 3.52.